The molecular formula is C9H10ClO. The Labute approximate surface area is 71.9 Å². The summed E-state index contributed by atoms with van der Waals surface area (Å²) >= 11 is 5.52. The van der Waals surface area contributed by atoms with Crippen molar-refractivity contribution in [2.24, 2.45) is 0 Å². The first-order valence-electron chi connectivity index (χ1n) is 3.40. The van der Waals surface area contributed by atoms with Gasteiger partial charge in [-0.1, -0.05) is 12.1 Å². The molecule has 1 rings (SSSR count). The van der Waals surface area contributed by atoms with Crippen LogP contribution in [-0.4, -0.2) is 13.0 Å². The number of rotatable bonds is 3. The third kappa shape index (κ3) is 2.43. The molecule has 0 saturated heterocycles. The molecule has 0 atom stereocenters. The average Bonchev–Trinajstić information content (AvgIpc) is 2.07. The van der Waals surface area contributed by atoms with E-state index in [0.29, 0.717) is 5.88 Å². The van der Waals surface area contributed by atoms with E-state index in [2.05, 4.69) is 0 Å². The van der Waals surface area contributed by atoms with Crippen LogP contribution in [-0.2, 0) is 0 Å². The van der Waals surface area contributed by atoms with Gasteiger partial charge in [-0.2, -0.15) is 0 Å². The summed E-state index contributed by atoms with van der Waals surface area (Å²) in [5.74, 6) is 1.42. The first-order chi connectivity index (χ1) is 5.36. The molecule has 11 heavy (non-hydrogen) atoms. The standard InChI is InChI=1S/C9H10ClO/c1-11-9-4-2-8(3-5-9)6-7-10/h2-6H,7H2,1H3. The summed E-state index contributed by atoms with van der Waals surface area (Å²) in [5.41, 5.74) is 1.13. The summed E-state index contributed by atoms with van der Waals surface area (Å²) in [6, 6.07) is 7.78. The maximum absolute atomic E-state index is 5.52. The lowest BCUT2D eigenvalue weighted by Gasteiger charge is -2.00. The predicted octanol–water partition coefficient (Wildman–Crippen LogP) is 2.49. The molecule has 0 N–H and O–H groups in total. The van der Waals surface area contributed by atoms with Crippen LogP contribution in [0.4, 0.5) is 0 Å². The van der Waals surface area contributed by atoms with Crippen molar-refractivity contribution in [2.45, 2.75) is 0 Å². The van der Waals surface area contributed by atoms with E-state index in [4.69, 9.17) is 16.3 Å². The van der Waals surface area contributed by atoms with Gasteiger partial charge in [0.25, 0.3) is 0 Å². The van der Waals surface area contributed by atoms with Gasteiger partial charge in [0.1, 0.15) is 5.75 Å². The smallest absolute Gasteiger partial charge is 0.118 e. The van der Waals surface area contributed by atoms with Gasteiger partial charge in [0.2, 0.25) is 0 Å². The molecule has 2 heteroatoms. The van der Waals surface area contributed by atoms with Crippen LogP contribution in [0.3, 0.4) is 0 Å². The zero-order valence-electron chi connectivity index (χ0n) is 6.38. The van der Waals surface area contributed by atoms with Crippen LogP contribution in [0.1, 0.15) is 5.56 Å². The maximum atomic E-state index is 5.52. The molecule has 0 unspecified atom stereocenters. The number of hydrogen-bond donors (Lipinski definition) is 0. The van der Waals surface area contributed by atoms with E-state index in [-0.39, 0.29) is 0 Å². The minimum atomic E-state index is 0.548. The summed E-state index contributed by atoms with van der Waals surface area (Å²) in [5, 5.41) is 0. The Kier molecular flexibility index (Phi) is 3.24. The first kappa shape index (κ1) is 8.41. The molecular weight excluding hydrogens is 160 g/mol. The summed E-state index contributed by atoms with van der Waals surface area (Å²) in [6.07, 6.45) is 1.95. The SMILES string of the molecule is COc1ccc([CH]CCl)cc1. The second-order valence-electron chi connectivity index (χ2n) is 2.13. The fourth-order valence-corrected chi connectivity index (χ4v) is 1.01. The van der Waals surface area contributed by atoms with Gasteiger partial charge >= 0.3 is 0 Å². The largest absolute Gasteiger partial charge is 0.497 e. The number of alkyl halides is 1. The van der Waals surface area contributed by atoms with E-state index in [0.717, 1.165) is 11.3 Å². The number of methoxy groups -OCH3 is 1. The molecule has 1 nitrogen and oxygen atoms in total. The monoisotopic (exact) mass is 169 g/mol. The Hall–Kier alpha value is -0.690. The third-order valence-electron chi connectivity index (χ3n) is 1.43. The third-order valence-corrected chi connectivity index (χ3v) is 1.58. The molecule has 59 valence electrons. The van der Waals surface area contributed by atoms with E-state index in [1.807, 2.05) is 30.7 Å². The van der Waals surface area contributed by atoms with Crippen LogP contribution in [0.5, 0.6) is 5.75 Å². The van der Waals surface area contributed by atoms with Crippen molar-refractivity contribution in [1.82, 2.24) is 0 Å². The van der Waals surface area contributed by atoms with Gasteiger partial charge in [-0.05, 0) is 17.7 Å². The number of ether oxygens (including phenoxy) is 1. The molecule has 0 fully saturated rings. The summed E-state index contributed by atoms with van der Waals surface area (Å²) in [6.45, 7) is 0. The Morgan fingerprint density at radius 1 is 1.36 bits per heavy atom. The molecule has 0 bridgehead atoms. The van der Waals surface area contributed by atoms with Gasteiger partial charge in [-0.25, -0.2) is 0 Å². The number of hydrogen-bond acceptors (Lipinski definition) is 1. The van der Waals surface area contributed by atoms with E-state index in [9.17, 15) is 0 Å². The second-order valence-corrected chi connectivity index (χ2v) is 2.44. The molecule has 1 aromatic carbocycles. The van der Waals surface area contributed by atoms with Crippen molar-refractivity contribution in [2.75, 3.05) is 13.0 Å². The molecule has 0 heterocycles. The predicted molar refractivity (Wildman–Crippen MR) is 47.1 cm³/mol. The molecule has 0 aliphatic heterocycles. The van der Waals surface area contributed by atoms with Crippen LogP contribution >= 0.6 is 11.6 Å². The highest BCUT2D eigenvalue weighted by Gasteiger charge is 1.92. The van der Waals surface area contributed by atoms with Crippen molar-refractivity contribution < 1.29 is 4.74 Å². The molecule has 0 aliphatic carbocycles. The minimum Gasteiger partial charge on any atom is -0.497 e. The van der Waals surface area contributed by atoms with Crippen LogP contribution in [0.15, 0.2) is 24.3 Å². The first-order valence-corrected chi connectivity index (χ1v) is 3.93. The van der Waals surface area contributed by atoms with Crippen molar-refractivity contribution in [3.05, 3.63) is 36.2 Å². The fraction of sp³-hybridized carbons (Fsp3) is 0.222. The summed E-state index contributed by atoms with van der Waals surface area (Å²) in [4.78, 5) is 0. The molecule has 0 amide bonds. The Bertz CT molecular complexity index is 205. The fourth-order valence-electron chi connectivity index (χ4n) is 0.829. The van der Waals surface area contributed by atoms with Crippen molar-refractivity contribution in [3.8, 4) is 5.75 Å². The van der Waals surface area contributed by atoms with Crippen molar-refractivity contribution in [1.29, 1.82) is 0 Å². The Morgan fingerprint density at radius 3 is 2.45 bits per heavy atom. The highest BCUT2D eigenvalue weighted by atomic mass is 35.5. The lowest BCUT2D eigenvalue weighted by Crippen LogP contribution is -1.84. The van der Waals surface area contributed by atoms with Gasteiger partial charge in [-0.3, -0.25) is 0 Å². The van der Waals surface area contributed by atoms with Gasteiger partial charge in [0, 0.05) is 12.3 Å². The molecule has 0 spiro atoms. The van der Waals surface area contributed by atoms with Gasteiger partial charge in [0.15, 0.2) is 0 Å². The van der Waals surface area contributed by atoms with Crippen molar-refractivity contribution >= 4 is 11.6 Å². The van der Waals surface area contributed by atoms with Crippen LogP contribution in [0, 0.1) is 6.42 Å². The molecule has 1 radical (unpaired) electrons. The number of halogens is 1. The molecule has 0 saturated carbocycles. The molecule has 1 aromatic rings. The van der Waals surface area contributed by atoms with Crippen molar-refractivity contribution in [3.63, 3.8) is 0 Å². The highest BCUT2D eigenvalue weighted by Crippen LogP contribution is 2.12. The maximum Gasteiger partial charge on any atom is 0.118 e. The Balaban J connectivity index is 2.66. The van der Waals surface area contributed by atoms with Gasteiger partial charge in [-0.15, -0.1) is 11.6 Å². The lowest BCUT2D eigenvalue weighted by molar-refractivity contribution is 0.414. The topological polar surface area (TPSA) is 9.23 Å². The Morgan fingerprint density at radius 2 is 2.00 bits per heavy atom. The lowest BCUT2D eigenvalue weighted by atomic mass is 10.2. The second kappa shape index (κ2) is 4.24. The quantitative estimate of drug-likeness (QED) is 0.632. The van der Waals surface area contributed by atoms with Crippen LogP contribution < -0.4 is 4.74 Å². The summed E-state index contributed by atoms with van der Waals surface area (Å²) < 4.78 is 5.00. The minimum absolute atomic E-state index is 0.548. The van der Waals surface area contributed by atoms with Crippen LogP contribution in [0.25, 0.3) is 0 Å². The zero-order chi connectivity index (χ0) is 8.10. The van der Waals surface area contributed by atoms with E-state index in [1.165, 1.54) is 0 Å². The van der Waals surface area contributed by atoms with Crippen LogP contribution in [0.2, 0.25) is 0 Å². The van der Waals surface area contributed by atoms with Gasteiger partial charge < -0.3 is 4.74 Å². The number of benzene rings is 1. The van der Waals surface area contributed by atoms with Gasteiger partial charge in [0.05, 0.1) is 7.11 Å². The highest BCUT2D eigenvalue weighted by molar-refractivity contribution is 6.18. The molecule has 0 aliphatic rings. The summed E-state index contributed by atoms with van der Waals surface area (Å²) in [7, 11) is 1.65. The van der Waals surface area contributed by atoms with E-state index < -0.39 is 0 Å². The normalized spacial score (nSPS) is 9.64. The van der Waals surface area contributed by atoms with E-state index >= 15 is 0 Å². The van der Waals surface area contributed by atoms with E-state index in [1.54, 1.807) is 7.11 Å². The average molecular weight is 170 g/mol. The zero-order valence-corrected chi connectivity index (χ0v) is 7.14. The molecule has 0 aromatic heterocycles.